The molecular weight excluding hydrogens is 234 g/mol. The van der Waals surface area contributed by atoms with E-state index in [4.69, 9.17) is 11.6 Å². The topological polar surface area (TPSA) is 46.2 Å². The molecule has 0 heterocycles. The Morgan fingerprint density at radius 3 is 2.40 bits per heavy atom. The summed E-state index contributed by atoms with van der Waals surface area (Å²) in [5.41, 5.74) is 0. The predicted octanol–water partition coefficient (Wildman–Crippen LogP) is 1.81. The lowest BCUT2D eigenvalue weighted by Crippen LogP contribution is -2.30. The van der Waals surface area contributed by atoms with Gasteiger partial charge < -0.3 is 5.32 Å². The maximum atomic E-state index is 11.2. The van der Waals surface area contributed by atoms with E-state index in [0.717, 1.165) is 13.0 Å². The molecule has 92 valence electrons. The zero-order valence-electron chi connectivity index (χ0n) is 9.79. The van der Waals surface area contributed by atoms with Crippen LogP contribution in [0.25, 0.3) is 0 Å². The number of hydrogen-bond acceptors (Lipinski definition) is 3. The Bertz CT molecular complexity index is 252. The third kappa shape index (κ3) is 9.15. The van der Waals surface area contributed by atoms with Crippen LogP contribution in [-0.2, 0) is 9.84 Å². The second-order valence-electron chi connectivity index (χ2n) is 3.96. The average Bonchev–Trinajstić information content (AvgIpc) is 2.11. The SMILES string of the molecule is CCS(=O)(=O)CCCNC(C)CC(C)Cl. The standard InChI is InChI=1S/C10H22ClNO2S/c1-4-15(13,14)7-5-6-12-10(3)8-9(2)11/h9-10,12H,4-8H2,1-3H3. The van der Waals surface area contributed by atoms with Crippen molar-refractivity contribution < 1.29 is 8.42 Å². The Morgan fingerprint density at radius 2 is 1.93 bits per heavy atom. The lowest BCUT2D eigenvalue weighted by molar-refractivity contribution is 0.509. The van der Waals surface area contributed by atoms with Crippen LogP contribution in [0.2, 0.25) is 0 Å². The van der Waals surface area contributed by atoms with E-state index in [1.54, 1.807) is 6.92 Å². The maximum Gasteiger partial charge on any atom is 0.150 e. The van der Waals surface area contributed by atoms with Crippen molar-refractivity contribution in [2.75, 3.05) is 18.1 Å². The Morgan fingerprint density at radius 1 is 1.33 bits per heavy atom. The molecule has 0 aliphatic carbocycles. The number of halogens is 1. The number of hydrogen-bond donors (Lipinski definition) is 1. The largest absolute Gasteiger partial charge is 0.314 e. The molecule has 0 aliphatic heterocycles. The van der Waals surface area contributed by atoms with E-state index >= 15 is 0 Å². The van der Waals surface area contributed by atoms with Crippen LogP contribution in [-0.4, -0.2) is 37.9 Å². The molecule has 3 nitrogen and oxygen atoms in total. The van der Waals surface area contributed by atoms with Crippen molar-refractivity contribution in [3.05, 3.63) is 0 Å². The zero-order valence-corrected chi connectivity index (χ0v) is 11.4. The summed E-state index contributed by atoms with van der Waals surface area (Å²) in [4.78, 5) is 0. The molecule has 0 saturated carbocycles. The minimum Gasteiger partial charge on any atom is -0.314 e. The van der Waals surface area contributed by atoms with Crippen LogP contribution in [0.1, 0.15) is 33.6 Å². The molecule has 0 saturated heterocycles. The van der Waals surface area contributed by atoms with E-state index in [1.165, 1.54) is 0 Å². The lowest BCUT2D eigenvalue weighted by atomic mass is 10.2. The van der Waals surface area contributed by atoms with E-state index in [2.05, 4.69) is 12.2 Å². The first-order valence-corrected chi connectivity index (χ1v) is 7.71. The molecule has 0 bridgehead atoms. The number of nitrogens with one attached hydrogen (secondary N) is 1. The lowest BCUT2D eigenvalue weighted by Gasteiger charge is -2.14. The van der Waals surface area contributed by atoms with Crippen molar-refractivity contribution in [2.45, 2.75) is 45.0 Å². The summed E-state index contributed by atoms with van der Waals surface area (Å²) in [6.45, 7) is 6.44. The van der Waals surface area contributed by atoms with Gasteiger partial charge in [0.2, 0.25) is 0 Å². The summed E-state index contributed by atoms with van der Waals surface area (Å²) < 4.78 is 22.3. The second-order valence-corrected chi connectivity index (χ2v) is 7.18. The fraction of sp³-hybridized carbons (Fsp3) is 1.00. The predicted molar refractivity (Wildman–Crippen MR) is 66.3 cm³/mol. The first kappa shape index (κ1) is 15.2. The van der Waals surface area contributed by atoms with Crippen LogP contribution in [0.15, 0.2) is 0 Å². The van der Waals surface area contributed by atoms with Crippen LogP contribution in [0, 0.1) is 0 Å². The van der Waals surface area contributed by atoms with Crippen LogP contribution in [0.3, 0.4) is 0 Å². The highest BCUT2D eigenvalue weighted by atomic mass is 35.5. The Kier molecular flexibility index (Phi) is 7.57. The van der Waals surface area contributed by atoms with Gasteiger partial charge in [-0.1, -0.05) is 6.92 Å². The van der Waals surface area contributed by atoms with Gasteiger partial charge in [-0.25, -0.2) is 8.42 Å². The zero-order chi connectivity index (χ0) is 11.9. The van der Waals surface area contributed by atoms with Crippen molar-refractivity contribution in [1.82, 2.24) is 5.32 Å². The summed E-state index contributed by atoms with van der Waals surface area (Å²) in [5, 5.41) is 3.42. The summed E-state index contributed by atoms with van der Waals surface area (Å²) in [7, 11) is -2.81. The van der Waals surface area contributed by atoms with E-state index < -0.39 is 9.84 Å². The molecule has 0 aromatic heterocycles. The van der Waals surface area contributed by atoms with Crippen molar-refractivity contribution in [3.8, 4) is 0 Å². The van der Waals surface area contributed by atoms with Crippen molar-refractivity contribution in [1.29, 1.82) is 0 Å². The van der Waals surface area contributed by atoms with Gasteiger partial charge in [0.15, 0.2) is 0 Å². The number of alkyl halides is 1. The van der Waals surface area contributed by atoms with Gasteiger partial charge in [-0.3, -0.25) is 0 Å². The van der Waals surface area contributed by atoms with Gasteiger partial charge in [-0.05, 0) is 33.2 Å². The summed E-state index contributed by atoms with van der Waals surface area (Å²) in [6.07, 6.45) is 1.58. The average molecular weight is 256 g/mol. The molecule has 0 aromatic carbocycles. The molecule has 0 spiro atoms. The van der Waals surface area contributed by atoms with E-state index in [0.29, 0.717) is 12.5 Å². The van der Waals surface area contributed by atoms with Crippen molar-refractivity contribution >= 4 is 21.4 Å². The molecule has 2 atom stereocenters. The summed E-state index contributed by atoms with van der Waals surface area (Å²) in [5.74, 6) is 0.515. The quantitative estimate of drug-likeness (QED) is 0.532. The smallest absolute Gasteiger partial charge is 0.150 e. The normalized spacial score (nSPS) is 16.3. The Labute approximate surface area is 98.5 Å². The van der Waals surface area contributed by atoms with E-state index in [-0.39, 0.29) is 16.9 Å². The van der Waals surface area contributed by atoms with Crippen molar-refractivity contribution in [3.63, 3.8) is 0 Å². The van der Waals surface area contributed by atoms with Crippen LogP contribution < -0.4 is 5.32 Å². The molecule has 1 N–H and O–H groups in total. The van der Waals surface area contributed by atoms with Gasteiger partial charge in [-0.15, -0.1) is 11.6 Å². The third-order valence-corrected chi connectivity index (χ3v) is 4.21. The first-order valence-electron chi connectivity index (χ1n) is 5.45. The van der Waals surface area contributed by atoms with Gasteiger partial charge in [0.05, 0.1) is 5.75 Å². The Balaban J connectivity index is 3.55. The van der Waals surface area contributed by atoms with Crippen LogP contribution in [0.5, 0.6) is 0 Å². The third-order valence-electron chi connectivity index (χ3n) is 2.24. The molecule has 0 radical (unpaired) electrons. The minimum atomic E-state index is -2.81. The molecule has 2 unspecified atom stereocenters. The monoisotopic (exact) mass is 255 g/mol. The number of rotatable bonds is 8. The van der Waals surface area contributed by atoms with E-state index in [9.17, 15) is 8.42 Å². The van der Waals surface area contributed by atoms with Crippen LogP contribution >= 0.6 is 11.6 Å². The van der Waals surface area contributed by atoms with Crippen molar-refractivity contribution in [2.24, 2.45) is 0 Å². The molecule has 0 rings (SSSR count). The number of sulfone groups is 1. The minimum absolute atomic E-state index is 0.159. The highest BCUT2D eigenvalue weighted by Gasteiger charge is 2.08. The molecule has 0 aromatic rings. The first-order chi connectivity index (χ1) is 6.87. The van der Waals surface area contributed by atoms with Gasteiger partial charge in [0.1, 0.15) is 9.84 Å². The van der Waals surface area contributed by atoms with Gasteiger partial charge >= 0.3 is 0 Å². The van der Waals surface area contributed by atoms with E-state index in [1.807, 2.05) is 6.92 Å². The molecular formula is C10H22ClNO2S. The maximum absolute atomic E-state index is 11.2. The van der Waals surface area contributed by atoms with Gasteiger partial charge in [-0.2, -0.15) is 0 Å². The summed E-state index contributed by atoms with van der Waals surface area (Å²) >= 11 is 5.84. The highest BCUT2D eigenvalue weighted by molar-refractivity contribution is 7.91. The Hall–Kier alpha value is 0.200. The molecule has 5 heteroatoms. The molecule has 0 amide bonds. The van der Waals surface area contributed by atoms with Gasteiger partial charge in [0.25, 0.3) is 0 Å². The highest BCUT2D eigenvalue weighted by Crippen LogP contribution is 2.03. The fourth-order valence-corrected chi connectivity index (χ4v) is 2.50. The molecule has 0 aliphatic rings. The molecule has 15 heavy (non-hydrogen) atoms. The molecule has 0 fully saturated rings. The summed E-state index contributed by atoms with van der Waals surface area (Å²) in [6, 6.07) is 0.349. The van der Waals surface area contributed by atoms with Crippen LogP contribution in [0.4, 0.5) is 0 Å². The second kappa shape index (κ2) is 7.47. The van der Waals surface area contributed by atoms with Gasteiger partial charge in [0, 0.05) is 17.2 Å². The fourth-order valence-electron chi connectivity index (χ4n) is 1.36.